The number of carbonyl (C=O) groups is 2. The van der Waals surface area contributed by atoms with Crippen molar-refractivity contribution in [1.29, 1.82) is 0 Å². The number of benzene rings is 1. The van der Waals surface area contributed by atoms with E-state index in [0.717, 1.165) is 0 Å². The number of rotatable bonds is 7. The zero-order valence-electron chi connectivity index (χ0n) is 13.7. The molecule has 0 spiro atoms. The number of anilines is 1. The summed E-state index contributed by atoms with van der Waals surface area (Å²) in [6.07, 6.45) is 4.42. The molecule has 0 aliphatic carbocycles. The van der Waals surface area contributed by atoms with E-state index in [1.165, 1.54) is 23.5 Å². The average molecular weight is 352 g/mol. The molecule has 2 heterocycles. The fourth-order valence-corrected chi connectivity index (χ4v) is 2.02. The van der Waals surface area contributed by atoms with E-state index < -0.39 is 0 Å². The number of para-hydroxylation sites is 1. The van der Waals surface area contributed by atoms with Crippen molar-refractivity contribution in [3.63, 3.8) is 0 Å². The van der Waals surface area contributed by atoms with Gasteiger partial charge in [0.05, 0.1) is 18.4 Å². The zero-order valence-corrected chi connectivity index (χ0v) is 13.7. The Kier molecular flexibility index (Phi) is 5.51. The van der Waals surface area contributed by atoms with Crippen molar-refractivity contribution in [2.24, 2.45) is 0 Å². The molecule has 0 aliphatic heterocycles. The second-order valence-corrected chi connectivity index (χ2v) is 5.17. The van der Waals surface area contributed by atoms with Crippen molar-refractivity contribution in [3.05, 3.63) is 61.3 Å². The van der Waals surface area contributed by atoms with Gasteiger partial charge in [-0.3, -0.25) is 9.59 Å². The number of carbonyl (C=O) groups excluding carboxylic acids is 2. The Hall–Kier alpha value is -3.75. The molecule has 0 unspecified atom stereocenters. The molecule has 132 valence electrons. The van der Waals surface area contributed by atoms with Gasteiger partial charge >= 0.3 is 0 Å². The van der Waals surface area contributed by atoms with Crippen molar-refractivity contribution >= 4 is 17.5 Å². The van der Waals surface area contributed by atoms with Gasteiger partial charge in [0.15, 0.2) is 12.4 Å². The highest BCUT2D eigenvalue weighted by atomic mass is 16.5. The molecule has 0 atom stereocenters. The minimum absolute atomic E-state index is 0.161. The lowest BCUT2D eigenvalue weighted by Gasteiger charge is -2.08. The molecule has 2 amide bonds. The lowest BCUT2D eigenvalue weighted by Crippen LogP contribution is -2.35. The van der Waals surface area contributed by atoms with Crippen LogP contribution in [0.25, 0.3) is 5.82 Å². The Morgan fingerprint density at radius 2 is 1.92 bits per heavy atom. The topological polar surface area (TPSA) is 111 Å². The maximum atomic E-state index is 11.9. The molecule has 0 saturated heterocycles. The summed E-state index contributed by atoms with van der Waals surface area (Å²) in [6.45, 7) is -0.326. The highest BCUT2D eigenvalue weighted by molar-refractivity contribution is 5.94. The molecule has 3 aromatic rings. The van der Waals surface area contributed by atoms with Gasteiger partial charge in [-0.2, -0.15) is 5.10 Å². The summed E-state index contributed by atoms with van der Waals surface area (Å²) in [5.74, 6) is 0.412. The number of hydrogen-bond donors (Lipinski definition) is 2. The first-order chi connectivity index (χ1) is 12.7. The molecule has 3 rings (SSSR count). The van der Waals surface area contributed by atoms with Crippen LogP contribution in [0.1, 0.15) is 0 Å². The van der Waals surface area contributed by atoms with Gasteiger partial charge in [0.25, 0.3) is 5.91 Å². The van der Waals surface area contributed by atoms with E-state index in [0.29, 0.717) is 17.3 Å². The van der Waals surface area contributed by atoms with Crippen LogP contribution in [0.5, 0.6) is 5.75 Å². The molecule has 9 nitrogen and oxygen atoms in total. The Morgan fingerprint density at radius 1 is 1.08 bits per heavy atom. The Bertz CT molecular complexity index is 850. The number of nitrogens with zero attached hydrogens (tertiary/aromatic N) is 4. The normalized spacial score (nSPS) is 10.2. The van der Waals surface area contributed by atoms with Crippen LogP contribution in [-0.2, 0) is 9.59 Å². The zero-order chi connectivity index (χ0) is 18.2. The molecule has 2 aromatic heterocycles. The van der Waals surface area contributed by atoms with Crippen molar-refractivity contribution in [1.82, 2.24) is 25.1 Å². The molecule has 0 saturated carbocycles. The molecule has 0 radical (unpaired) electrons. The summed E-state index contributed by atoms with van der Waals surface area (Å²) < 4.78 is 6.80. The van der Waals surface area contributed by atoms with E-state index >= 15 is 0 Å². The fraction of sp³-hybridized carbons (Fsp3) is 0.118. The van der Waals surface area contributed by atoms with E-state index in [-0.39, 0.29) is 25.0 Å². The van der Waals surface area contributed by atoms with Crippen molar-refractivity contribution in [2.75, 3.05) is 18.5 Å². The van der Waals surface area contributed by atoms with Gasteiger partial charge in [0.1, 0.15) is 18.4 Å². The quantitative estimate of drug-likeness (QED) is 0.650. The largest absolute Gasteiger partial charge is 0.484 e. The van der Waals surface area contributed by atoms with Crippen LogP contribution in [0.15, 0.2) is 61.3 Å². The van der Waals surface area contributed by atoms with Gasteiger partial charge in [-0.15, -0.1) is 0 Å². The van der Waals surface area contributed by atoms with E-state index in [4.69, 9.17) is 4.74 Å². The summed E-state index contributed by atoms with van der Waals surface area (Å²) in [5.41, 5.74) is 0.508. The third-order valence-electron chi connectivity index (χ3n) is 3.24. The van der Waals surface area contributed by atoms with E-state index in [9.17, 15) is 9.59 Å². The standard InChI is InChI=1S/C17H16N6O3/c24-16(9-20-17(25)10-26-14-4-2-1-3-5-14)22-13-6-7-15(19-8-13)23-12-18-11-21-23/h1-8,11-12H,9-10H2,(H,20,25)(H,22,24). The monoisotopic (exact) mass is 352 g/mol. The molecule has 26 heavy (non-hydrogen) atoms. The lowest BCUT2D eigenvalue weighted by atomic mass is 10.3. The Balaban J connectivity index is 1.41. The molecule has 9 heteroatoms. The summed E-state index contributed by atoms with van der Waals surface area (Å²) in [5, 5.41) is 9.09. The SMILES string of the molecule is O=C(COc1ccccc1)NCC(=O)Nc1ccc(-n2cncn2)nc1. The molecule has 2 N–H and O–H groups in total. The first-order valence-corrected chi connectivity index (χ1v) is 7.76. The van der Waals surface area contributed by atoms with Gasteiger partial charge < -0.3 is 15.4 Å². The van der Waals surface area contributed by atoms with Crippen LogP contribution in [-0.4, -0.2) is 44.7 Å². The van der Waals surface area contributed by atoms with Crippen LogP contribution in [0.2, 0.25) is 0 Å². The summed E-state index contributed by atoms with van der Waals surface area (Å²) in [6, 6.07) is 12.3. The smallest absolute Gasteiger partial charge is 0.258 e. The Morgan fingerprint density at radius 3 is 2.62 bits per heavy atom. The predicted octanol–water partition coefficient (Wildman–Crippen LogP) is 0.796. The van der Waals surface area contributed by atoms with E-state index in [1.807, 2.05) is 18.2 Å². The second kappa shape index (κ2) is 8.38. The first-order valence-electron chi connectivity index (χ1n) is 7.76. The highest BCUT2D eigenvalue weighted by Crippen LogP contribution is 2.09. The van der Waals surface area contributed by atoms with Crippen LogP contribution in [0, 0.1) is 0 Å². The van der Waals surface area contributed by atoms with Gasteiger partial charge in [0, 0.05) is 0 Å². The van der Waals surface area contributed by atoms with Crippen LogP contribution >= 0.6 is 0 Å². The number of ether oxygens (including phenoxy) is 1. The molecule has 1 aromatic carbocycles. The van der Waals surface area contributed by atoms with Crippen molar-refractivity contribution < 1.29 is 14.3 Å². The van der Waals surface area contributed by atoms with E-state index in [1.54, 1.807) is 24.3 Å². The molecule has 0 fully saturated rings. The van der Waals surface area contributed by atoms with E-state index in [2.05, 4.69) is 25.7 Å². The molecular weight excluding hydrogens is 336 g/mol. The number of nitrogens with one attached hydrogen (secondary N) is 2. The number of amides is 2. The summed E-state index contributed by atoms with van der Waals surface area (Å²) in [4.78, 5) is 31.6. The Labute approximate surface area is 149 Å². The maximum absolute atomic E-state index is 11.9. The number of hydrogen-bond acceptors (Lipinski definition) is 6. The molecular formula is C17H16N6O3. The van der Waals surface area contributed by atoms with Crippen LogP contribution < -0.4 is 15.4 Å². The third kappa shape index (κ3) is 4.87. The number of aromatic nitrogens is 4. The summed E-state index contributed by atoms with van der Waals surface area (Å²) in [7, 11) is 0. The maximum Gasteiger partial charge on any atom is 0.258 e. The molecule has 0 bridgehead atoms. The van der Waals surface area contributed by atoms with Crippen LogP contribution in [0.4, 0.5) is 5.69 Å². The minimum Gasteiger partial charge on any atom is -0.484 e. The van der Waals surface area contributed by atoms with Gasteiger partial charge in [-0.05, 0) is 24.3 Å². The summed E-state index contributed by atoms with van der Waals surface area (Å²) >= 11 is 0. The number of pyridine rings is 1. The lowest BCUT2D eigenvalue weighted by molar-refractivity contribution is -0.125. The van der Waals surface area contributed by atoms with Gasteiger partial charge in [-0.1, -0.05) is 18.2 Å². The van der Waals surface area contributed by atoms with Crippen molar-refractivity contribution in [3.8, 4) is 11.6 Å². The predicted molar refractivity (Wildman–Crippen MR) is 92.7 cm³/mol. The first kappa shape index (κ1) is 17.1. The minimum atomic E-state index is -0.386. The molecule has 0 aliphatic rings. The van der Waals surface area contributed by atoms with Gasteiger partial charge in [0.2, 0.25) is 5.91 Å². The second-order valence-electron chi connectivity index (χ2n) is 5.17. The third-order valence-corrected chi connectivity index (χ3v) is 3.24. The average Bonchev–Trinajstić information content (AvgIpc) is 3.21. The fourth-order valence-electron chi connectivity index (χ4n) is 2.02. The van der Waals surface area contributed by atoms with Gasteiger partial charge in [-0.25, -0.2) is 14.6 Å². The van der Waals surface area contributed by atoms with Crippen LogP contribution in [0.3, 0.4) is 0 Å². The van der Waals surface area contributed by atoms with Crippen molar-refractivity contribution in [2.45, 2.75) is 0 Å². The highest BCUT2D eigenvalue weighted by Gasteiger charge is 2.07.